The van der Waals surface area contributed by atoms with Gasteiger partial charge in [-0.05, 0) is 52.1 Å². The number of nitrogens with two attached hydrogens (primary N) is 3. The summed E-state index contributed by atoms with van der Waals surface area (Å²) in [5.41, 5.74) is 0.625. The van der Waals surface area contributed by atoms with E-state index in [1.165, 1.54) is 0 Å². The highest BCUT2D eigenvalue weighted by Crippen LogP contribution is 2.43. The number of nitroso groups, excluding NO2 is 1. The fourth-order valence-corrected chi connectivity index (χ4v) is 8.76. The number of hydrogen-bond donors (Lipinski definition) is 6. The SMILES string of the molecule is C[B]N(CC(O)CON)C1C(I)=C(C(=O)NCC(CON)ON)C(I)=C(C(=O)NCC(C)N=O)[C@@H]1I. The number of rotatable bonds is 16. The van der Waals surface area contributed by atoms with Crippen molar-refractivity contribution in [2.45, 2.75) is 42.0 Å². The average molecular weight is 848 g/mol. The fraction of sp³-hybridized carbons (Fsp3) is 0.667. The van der Waals surface area contributed by atoms with Gasteiger partial charge in [-0.2, -0.15) is 4.91 Å². The fourth-order valence-electron chi connectivity index (χ4n) is 3.25. The van der Waals surface area contributed by atoms with Gasteiger partial charge in [-0.1, -0.05) is 34.6 Å². The van der Waals surface area contributed by atoms with E-state index in [2.05, 4.69) is 70.7 Å². The van der Waals surface area contributed by atoms with E-state index in [4.69, 9.17) is 22.5 Å². The molecule has 0 bridgehead atoms. The normalized spacial score (nSPS) is 20.7. The largest absolute Gasteiger partial charge is 0.389 e. The van der Waals surface area contributed by atoms with E-state index >= 15 is 0 Å². The van der Waals surface area contributed by atoms with Crippen molar-refractivity contribution in [3.8, 4) is 0 Å². The van der Waals surface area contributed by atoms with E-state index in [0.29, 0.717) is 12.7 Å². The van der Waals surface area contributed by atoms with Gasteiger partial charge >= 0.3 is 0 Å². The zero-order valence-electron chi connectivity index (χ0n) is 19.7. The maximum absolute atomic E-state index is 13.3. The lowest BCUT2D eigenvalue weighted by atomic mass is 9.85. The van der Waals surface area contributed by atoms with Crippen molar-refractivity contribution in [1.29, 1.82) is 0 Å². The molecule has 203 valence electrons. The maximum Gasteiger partial charge on any atom is 0.253 e. The summed E-state index contributed by atoms with van der Waals surface area (Å²) in [6.45, 7) is 3.38. The van der Waals surface area contributed by atoms with Crippen LogP contribution in [0.15, 0.2) is 23.5 Å². The molecule has 4 unspecified atom stereocenters. The number of carbonyl (C=O) groups excluding carboxylic acids is 2. The molecule has 0 aromatic heterocycles. The Labute approximate surface area is 250 Å². The first-order valence-electron chi connectivity index (χ1n) is 10.6. The van der Waals surface area contributed by atoms with Crippen molar-refractivity contribution in [2.24, 2.45) is 22.9 Å². The van der Waals surface area contributed by atoms with Crippen LogP contribution in [0.3, 0.4) is 0 Å². The molecule has 0 aliphatic heterocycles. The van der Waals surface area contributed by atoms with Crippen molar-refractivity contribution in [3.63, 3.8) is 0 Å². The topological polar surface area (TPSA) is 217 Å². The molecule has 36 heavy (non-hydrogen) atoms. The van der Waals surface area contributed by atoms with Crippen molar-refractivity contribution in [3.05, 3.63) is 23.2 Å². The predicted molar refractivity (Wildman–Crippen MR) is 159 cm³/mol. The van der Waals surface area contributed by atoms with E-state index < -0.39 is 40.0 Å². The molecule has 0 fully saturated rings. The second kappa shape index (κ2) is 17.5. The minimum atomic E-state index is -0.920. The van der Waals surface area contributed by atoms with Crippen molar-refractivity contribution < 1.29 is 29.2 Å². The van der Waals surface area contributed by atoms with Gasteiger partial charge in [-0.3, -0.25) is 14.4 Å². The minimum Gasteiger partial charge on any atom is -0.389 e. The van der Waals surface area contributed by atoms with Crippen molar-refractivity contribution in [2.75, 3.05) is 32.8 Å². The first-order valence-corrected chi connectivity index (χ1v) is 14.0. The molecule has 1 aliphatic rings. The Balaban J connectivity index is 3.45. The summed E-state index contributed by atoms with van der Waals surface area (Å²) in [7, 11) is 1.76. The van der Waals surface area contributed by atoms with Gasteiger partial charge in [0.05, 0.1) is 28.8 Å². The number of halogens is 3. The summed E-state index contributed by atoms with van der Waals surface area (Å²) >= 11 is 6.18. The first kappa shape index (κ1) is 34.0. The summed E-state index contributed by atoms with van der Waals surface area (Å²) in [5.74, 6) is 14.5. The molecule has 14 nitrogen and oxygen atoms in total. The zero-order chi connectivity index (χ0) is 27.4. The molecule has 1 radical (unpaired) electrons. The highest BCUT2D eigenvalue weighted by Gasteiger charge is 2.42. The van der Waals surface area contributed by atoms with Crippen LogP contribution in [0.5, 0.6) is 0 Å². The summed E-state index contributed by atoms with van der Waals surface area (Å²) in [4.78, 5) is 53.0. The lowest BCUT2D eigenvalue weighted by Crippen LogP contribution is -2.52. The highest BCUT2D eigenvalue weighted by molar-refractivity contribution is 14.1. The Morgan fingerprint density at radius 1 is 1.17 bits per heavy atom. The van der Waals surface area contributed by atoms with Crippen LogP contribution < -0.4 is 28.3 Å². The molecule has 0 saturated carbocycles. The number of nitrogens with zero attached hydrogens (tertiary/aromatic N) is 2. The van der Waals surface area contributed by atoms with Crippen LogP contribution in [-0.2, 0) is 24.1 Å². The number of aliphatic hydroxyl groups excluding tert-OH is 1. The van der Waals surface area contributed by atoms with Gasteiger partial charge in [-0.25, -0.2) is 17.7 Å². The average Bonchev–Trinajstić information content (AvgIpc) is 2.84. The summed E-state index contributed by atoms with van der Waals surface area (Å²) in [6.07, 6.45) is -1.61. The quantitative estimate of drug-likeness (QED) is 0.0376. The molecule has 0 aromatic carbocycles. The predicted octanol–water partition coefficient (Wildman–Crippen LogP) is -0.693. The van der Waals surface area contributed by atoms with Gasteiger partial charge in [-0.15, -0.1) is 0 Å². The molecule has 2 amide bonds. The number of carbonyl (C=O) groups is 2. The summed E-state index contributed by atoms with van der Waals surface area (Å²) < 4.78 is 0.662. The van der Waals surface area contributed by atoms with Crippen LogP contribution >= 0.6 is 67.8 Å². The third-order valence-corrected chi connectivity index (χ3v) is 8.68. The number of alkyl halides is 1. The molecular weight excluding hydrogens is 818 g/mol. The molecule has 0 aromatic rings. The van der Waals surface area contributed by atoms with Gasteiger partial charge in [0.25, 0.3) is 5.91 Å². The summed E-state index contributed by atoms with van der Waals surface area (Å²) in [6, 6.07) is -1.11. The van der Waals surface area contributed by atoms with Crippen LogP contribution in [0.25, 0.3) is 0 Å². The Morgan fingerprint density at radius 2 is 1.78 bits per heavy atom. The Hall–Kier alpha value is -0.0451. The van der Waals surface area contributed by atoms with E-state index in [1.54, 1.807) is 21.2 Å². The van der Waals surface area contributed by atoms with E-state index in [0.717, 1.165) is 0 Å². The molecule has 9 N–H and O–H groups in total. The molecule has 1 rings (SSSR count). The van der Waals surface area contributed by atoms with Crippen LogP contribution in [-0.4, -0.2) is 90.2 Å². The van der Waals surface area contributed by atoms with Crippen LogP contribution in [0.1, 0.15) is 6.92 Å². The van der Waals surface area contributed by atoms with Gasteiger partial charge in [0, 0.05) is 38.4 Å². The van der Waals surface area contributed by atoms with Crippen molar-refractivity contribution in [1.82, 2.24) is 15.4 Å². The molecule has 5 atom stereocenters. The van der Waals surface area contributed by atoms with Gasteiger partial charge in [0.15, 0.2) is 0 Å². The van der Waals surface area contributed by atoms with Gasteiger partial charge in [0.2, 0.25) is 13.3 Å². The van der Waals surface area contributed by atoms with E-state index in [9.17, 15) is 19.6 Å². The lowest BCUT2D eigenvalue weighted by Gasteiger charge is -2.40. The number of hydrogen-bond acceptors (Lipinski definition) is 12. The van der Waals surface area contributed by atoms with Crippen LogP contribution in [0.2, 0.25) is 6.82 Å². The van der Waals surface area contributed by atoms with Gasteiger partial charge in [0.1, 0.15) is 12.1 Å². The third-order valence-electron chi connectivity index (χ3n) is 5.08. The molecule has 0 saturated heterocycles. The number of amides is 2. The minimum absolute atomic E-state index is 0.00240. The van der Waals surface area contributed by atoms with E-state index in [1.807, 2.05) is 27.4 Å². The molecular formula is C18H30BI3N7O7. The third kappa shape index (κ3) is 9.61. The highest BCUT2D eigenvalue weighted by atomic mass is 127. The molecule has 1 aliphatic carbocycles. The molecule has 0 spiro atoms. The molecule has 18 heteroatoms. The van der Waals surface area contributed by atoms with E-state index in [-0.39, 0.29) is 38.4 Å². The second-order valence-electron chi connectivity index (χ2n) is 7.71. The monoisotopic (exact) mass is 848 g/mol. The van der Waals surface area contributed by atoms with Crippen molar-refractivity contribution >= 4 is 87.0 Å². The first-order chi connectivity index (χ1) is 17.1. The lowest BCUT2D eigenvalue weighted by molar-refractivity contribution is -0.118. The Bertz CT molecular complexity index is 839. The smallest absolute Gasteiger partial charge is 0.253 e. The Morgan fingerprint density at radius 3 is 2.31 bits per heavy atom. The van der Waals surface area contributed by atoms with Crippen LogP contribution in [0, 0.1) is 4.91 Å². The zero-order valence-corrected chi connectivity index (χ0v) is 26.1. The number of aliphatic hydroxyl groups is 1. The second-order valence-corrected chi connectivity index (χ2v) is 11.3. The number of nitrogens with one attached hydrogen (secondary N) is 2. The Kier molecular flexibility index (Phi) is 16.5. The summed E-state index contributed by atoms with van der Waals surface area (Å²) in [5, 5.41) is 18.7. The van der Waals surface area contributed by atoms with Gasteiger partial charge < -0.3 is 30.2 Å². The molecule has 0 heterocycles. The standard InChI is InChI=1S/C18H30BI3N7O7/c1-8(28-33)3-26-17(31)11-13(20)12(18(32)27-4-10(36-25)7-35-24)15(22)16(14(11)21)29(19-2)5-9(30)6-34-23/h8-10,14,16,30H,3-7,23-25H2,1-2H3,(H,26,31)(H,27,32)/t8?,9?,10?,14-,16?/m0/s1. The van der Waals surface area contributed by atoms with Crippen LogP contribution in [0.4, 0.5) is 0 Å². The maximum atomic E-state index is 13.3.